The summed E-state index contributed by atoms with van der Waals surface area (Å²) in [6.45, 7) is 7.34. The van der Waals surface area contributed by atoms with Gasteiger partial charge in [-0.1, -0.05) is 18.8 Å². The molecule has 0 saturated carbocycles. The van der Waals surface area contributed by atoms with E-state index in [1.54, 1.807) is 6.92 Å². The van der Waals surface area contributed by atoms with Gasteiger partial charge in [-0.3, -0.25) is 0 Å². The first-order chi connectivity index (χ1) is 7.15. The van der Waals surface area contributed by atoms with Gasteiger partial charge in [0.25, 0.3) is 0 Å². The Bertz CT molecular complexity index is 276. The molecule has 0 aliphatic carbocycles. The normalized spacial score (nSPS) is 16.3. The van der Waals surface area contributed by atoms with E-state index in [9.17, 15) is 4.79 Å². The number of rotatable bonds is 4. The van der Waals surface area contributed by atoms with Crippen molar-refractivity contribution in [1.82, 2.24) is 4.90 Å². The van der Waals surface area contributed by atoms with Crippen LogP contribution in [0.25, 0.3) is 0 Å². The number of likely N-dealkylation sites (tertiary alicyclic amines) is 1. The van der Waals surface area contributed by atoms with E-state index in [0.29, 0.717) is 18.7 Å². The number of carbonyl (C=O) groups is 1. The smallest absolute Gasteiger partial charge is 0.335 e. The van der Waals surface area contributed by atoms with Crippen molar-refractivity contribution < 1.29 is 9.53 Å². The van der Waals surface area contributed by atoms with Crippen molar-refractivity contribution >= 4 is 23.2 Å². The first-order valence-electron chi connectivity index (χ1n) is 5.27. The third-order valence-corrected chi connectivity index (χ3v) is 2.83. The lowest BCUT2D eigenvalue weighted by molar-refractivity contribution is -0.138. The van der Waals surface area contributed by atoms with E-state index in [1.807, 2.05) is 4.90 Å². The molecule has 0 aromatic heterocycles. The molecule has 1 fully saturated rings. The highest BCUT2D eigenvalue weighted by Crippen LogP contribution is 2.13. The molecule has 1 rings (SSSR count). The zero-order valence-electron chi connectivity index (χ0n) is 9.12. The molecule has 1 saturated heterocycles. The molecule has 1 heterocycles. The average molecular weight is 227 g/mol. The standard InChI is InChI=1S/C11H17NO2S/c1-3-14-11(13)9(2)8-12-7-5-4-6-10(12)15/h2-8H2,1H3. The molecule has 0 N–H and O–H groups in total. The molecule has 3 nitrogen and oxygen atoms in total. The first kappa shape index (κ1) is 12.2. The first-order valence-corrected chi connectivity index (χ1v) is 5.68. The molecule has 0 spiro atoms. The zero-order chi connectivity index (χ0) is 11.3. The van der Waals surface area contributed by atoms with Crippen LogP contribution in [-0.2, 0) is 9.53 Å². The number of thiocarbonyl (C=S) groups is 1. The van der Waals surface area contributed by atoms with Crippen molar-refractivity contribution in [3.05, 3.63) is 12.2 Å². The van der Waals surface area contributed by atoms with Gasteiger partial charge in [0.15, 0.2) is 0 Å². The molecule has 4 heteroatoms. The number of esters is 1. The maximum Gasteiger partial charge on any atom is 0.335 e. The Morgan fingerprint density at radius 3 is 2.93 bits per heavy atom. The van der Waals surface area contributed by atoms with Gasteiger partial charge in [0.2, 0.25) is 0 Å². The zero-order valence-corrected chi connectivity index (χ0v) is 9.94. The van der Waals surface area contributed by atoms with Gasteiger partial charge in [0, 0.05) is 18.7 Å². The number of nitrogens with zero attached hydrogens (tertiary/aromatic N) is 1. The number of piperidine rings is 1. The van der Waals surface area contributed by atoms with Gasteiger partial charge in [-0.05, 0) is 26.2 Å². The summed E-state index contributed by atoms with van der Waals surface area (Å²) < 4.78 is 4.87. The fourth-order valence-electron chi connectivity index (χ4n) is 1.56. The molecule has 15 heavy (non-hydrogen) atoms. The summed E-state index contributed by atoms with van der Waals surface area (Å²) in [6, 6.07) is 0. The Hall–Kier alpha value is -0.900. The summed E-state index contributed by atoms with van der Waals surface area (Å²) in [7, 11) is 0. The lowest BCUT2D eigenvalue weighted by atomic mass is 10.1. The quantitative estimate of drug-likeness (QED) is 0.417. The van der Waals surface area contributed by atoms with E-state index >= 15 is 0 Å². The molecule has 1 aliphatic rings. The van der Waals surface area contributed by atoms with Crippen LogP contribution in [0.15, 0.2) is 12.2 Å². The minimum Gasteiger partial charge on any atom is -0.463 e. The summed E-state index contributed by atoms with van der Waals surface area (Å²) in [6.07, 6.45) is 3.24. The molecule has 0 atom stereocenters. The Morgan fingerprint density at radius 1 is 1.60 bits per heavy atom. The lowest BCUT2D eigenvalue weighted by Crippen LogP contribution is -2.36. The van der Waals surface area contributed by atoms with Gasteiger partial charge in [0.1, 0.15) is 0 Å². The topological polar surface area (TPSA) is 29.5 Å². The molecule has 0 unspecified atom stereocenters. The Kier molecular flexibility index (Phi) is 4.75. The third kappa shape index (κ3) is 3.63. The minimum absolute atomic E-state index is 0.314. The molecule has 1 aliphatic heterocycles. The summed E-state index contributed by atoms with van der Waals surface area (Å²) >= 11 is 5.23. The largest absolute Gasteiger partial charge is 0.463 e. The number of carbonyl (C=O) groups excluding carboxylic acids is 1. The van der Waals surface area contributed by atoms with Crippen LogP contribution in [0, 0.1) is 0 Å². The highest BCUT2D eigenvalue weighted by molar-refractivity contribution is 7.80. The molecular formula is C11H17NO2S. The average Bonchev–Trinajstić information content (AvgIpc) is 2.21. The molecule has 0 aromatic carbocycles. The van der Waals surface area contributed by atoms with Gasteiger partial charge < -0.3 is 9.64 Å². The van der Waals surface area contributed by atoms with Crippen LogP contribution < -0.4 is 0 Å². The second kappa shape index (κ2) is 5.85. The maximum atomic E-state index is 11.3. The van der Waals surface area contributed by atoms with Crippen molar-refractivity contribution in [2.24, 2.45) is 0 Å². The van der Waals surface area contributed by atoms with Gasteiger partial charge in [-0.2, -0.15) is 0 Å². The van der Waals surface area contributed by atoms with Crippen molar-refractivity contribution in [2.45, 2.75) is 26.2 Å². The Labute approximate surface area is 96.1 Å². The summed E-state index contributed by atoms with van der Waals surface area (Å²) in [5.74, 6) is -0.314. The van der Waals surface area contributed by atoms with Crippen LogP contribution in [-0.4, -0.2) is 35.6 Å². The predicted octanol–water partition coefficient (Wildman–Crippen LogP) is 1.92. The molecule has 84 valence electrons. The van der Waals surface area contributed by atoms with E-state index in [2.05, 4.69) is 6.58 Å². The third-order valence-electron chi connectivity index (χ3n) is 2.37. The number of hydrogen-bond acceptors (Lipinski definition) is 3. The molecule has 0 amide bonds. The maximum absolute atomic E-state index is 11.3. The van der Waals surface area contributed by atoms with Crippen LogP contribution in [0.5, 0.6) is 0 Å². The highest BCUT2D eigenvalue weighted by atomic mass is 32.1. The monoisotopic (exact) mass is 227 g/mol. The van der Waals surface area contributed by atoms with Crippen LogP contribution in [0.4, 0.5) is 0 Å². The van der Waals surface area contributed by atoms with Gasteiger partial charge >= 0.3 is 5.97 Å². The number of ether oxygens (including phenoxy) is 1. The minimum atomic E-state index is -0.314. The Morgan fingerprint density at radius 2 is 2.33 bits per heavy atom. The van der Waals surface area contributed by atoms with E-state index in [-0.39, 0.29) is 5.97 Å². The van der Waals surface area contributed by atoms with Gasteiger partial charge in [-0.25, -0.2) is 4.79 Å². The molecule has 0 bridgehead atoms. The molecular weight excluding hydrogens is 210 g/mol. The SMILES string of the molecule is C=C(CN1CCCCC1=S)C(=O)OCC. The summed E-state index contributed by atoms with van der Waals surface area (Å²) in [4.78, 5) is 14.3. The number of hydrogen-bond donors (Lipinski definition) is 0. The highest BCUT2D eigenvalue weighted by Gasteiger charge is 2.18. The van der Waals surface area contributed by atoms with Crippen molar-refractivity contribution in [3.63, 3.8) is 0 Å². The van der Waals surface area contributed by atoms with E-state index in [1.165, 1.54) is 0 Å². The van der Waals surface area contributed by atoms with E-state index in [0.717, 1.165) is 30.8 Å². The van der Waals surface area contributed by atoms with Crippen LogP contribution in [0.3, 0.4) is 0 Å². The predicted molar refractivity (Wildman–Crippen MR) is 63.8 cm³/mol. The van der Waals surface area contributed by atoms with Crippen molar-refractivity contribution in [1.29, 1.82) is 0 Å². The van der Waals surface area contributed by atoms with Crippen LogP contribution >= 0.6 is 12.2 Å². The summed E-state index contributed by atoms with van der Waals surface area (Å²) in [5, 5.41) is 0. The lowest BCUT2D eigenvalue weighted by Gasteiger charge is -2.29. The summed E-state index contributed by atoms with van der Waals surface area (Å²) in [5.41, 5.74) is 0.487. The molecule has 0 radical (unpaired) electrons. The van der Waals surface area contributed by atoms with Gasteiger partial charge in [-0.15, -0.1) is 0 Å². The van der Waals surface area contributed by atoms with Crippen molar-refractivity contribution in [3.8, 4) is 0 Å². The Balaban J connectivity index is 2.42. The second-order valence-electron chi connectivity index (χ2n) is 3.60. The fourth-order valence-corrected chi connectivity index (χ4v) is 1.86. The van der Waals surface area contributed by atoms with E-state index < -0.39 is 0 Å². The van der Waals surface area contributed by atoms with Crippen LogP contribution in [0.1, 0.15) is 26.2 Å². The second-order valence-corrected chi connectivity index (χ2v) is 4.07. The molecule has 0 aromatic rings. The van der Waals surface area contributed by atoms with Crippen LogP contribution in [0.2, 0.25) is 0 Å². The fraction of sp³-hybridized carbons (Fsp3) is 0.636. The van der Waals surface area contributed by atoms with Crippen molar-refractivity contribution in [2.75, 3.05) is 19.7 Å². The van der Waals surface area contributed by atoms with E-state index in [4.69, 9.17) is 17.0 Å². The van der Waals surface area contributed by atoms with Gasteiger partial charge in [0.05, 0.1) is 11.6 Å².